The minimum atomic E-state index is -0.899. The van der Waals surface area contributed by atoms with E-state index in [1.54, 1.807) is 17.2 Å². The second-order valence-corrected chi connectivity index (χ2v) is 8.58. The average molecular weight is 445 g/mol. The highest BCUT2D eigenvalue weighted by Gasteiger charge is 2.60. The lowest BCUT2D eigenvalue weighted by molar-refractivity contribution is -0.126. The van der Waals surface area contributed by atoms with Crippen LogP contribution in [0.3, 0.4) is 0 Å². The molecule has 1 aromatic heterocycles. The number of imide groups is 1. The molecule has 0 radical (unpaired) electrons. The number of nitrogens with zero attached hydrogens (tertiary/aromatic N) is 2. The molecule has 2 aromatic carbocycles. The number of benzene rings is 2. The maximum absolute atomic E-state index is 13.4. The molecule has 3 heterocycles. The first-order valence-corrected chi connectivity index (χ1v) is 10.6. The van der Waals surface area contributed by atoms with Crippen molar-refractivity contribution in [1.29, 1.82) is 0 Å². The first-order chi connectivity index (χ1) is 14.1. The summed E-state index contributed by atoms with van der Waals surface area (Å²) in [6.07, 6.45) is -0.899. The first-order valence-electron chi connectivity index (χ1n) is 8.93. The van der Waals surface area contributed by atoms with Crippen LogP contribution in [0.25, 0.3) is 0 Å². The summed E-state index contributed by atoms with van der Waals surface area (Å²) in [6, 6.07) is 17.7. The zero-order valence-corrected chi connectivity index (χ0v) is 17.2. The number of rotatable bonds is 3. The lowest BCUT2D eigenvalue weighted by Crippen LogP contribution is -2.37. The Kier molecular flexibility index (Phi) is 4.59. The molecule has 8 heteroatoms. The SMILES string of the molecule is O=C1[C@@H]2[C@@H](c3cccs3)N(c3ccccc3)O[C@H]2C(=O)N1c1ccc(Cl)c(Cl)c1. The largest absolute Gasteiger partial charge is 0.273 e. The molecule has 0 saturated carbocycles. The zero-order chi connectivity index (χ0) is 20.1. The highest BCUT2D eigenvalue weighted by molar-refractivity contribution is 7.10. The van der Waals surface area contributed by atoms with Crippen LogP contribution in [0.5, 0.6) is 0 Å². The lowest BCUT2D eigenvalue weighted by Gasteiger charge is -2.27. The number of para-hydroxylation sites is 1. The van der Waals surface area contributed by atoms with Gasteiger partial charge in [0, 0.05) is 4.88 Å². The third-order valence-corrected chi connectivity index (χ3v) is 6.80. The Balaban J connectivity index is 1.57. The number of hydroxylamine groups is 1. The molecular weight excluding hydrogens is 431 g/mol. The first kappa shape index (κ1) is 18.6. The van der Waals surface area contributed by atoms with E-state index < -0.39 is 24.0 Å². The van der Waals surface area contributed by atoms with Crippen LogP contribution < -0.4 is 9.96 Å². The van der Waals surface area contributed by atoms with Gasteiger partial charge in [-0.1, -0.05) is 47.5 Å². The van der Waals surface area contributed by atoms with Gasteiger partial charge in [0.05, 0.1) is 21.4 Å². The van der Waals surface area contributed by atoms with Crippen molar-refractivity contribution in [2.75, 3.05) is 9.96 Å². The molecule has 3 aromatic rings. The molecule has 146 valence electrons. The van der Waals surface area contributed by atoms with Crippen molar-refractivity contribution in [3.05, 3.63) is 81.0 Å². The van der Waals surface area contributed by atoms with Gasteiger partial charge in [0.1, 0.15) is 12.0 Å². The van der Waals surface area contributed by atoms with Crippen molar-refractivity contribution in [3.63, 3.8) is 0 Å². The second kappa shape index (κ2) is 7.15. The Labute approximate surface area is 181 Å². The van der Waals surface area contributed by atoms with Crippen LogP contribution in [0, 0.1) is 5.92 Å². The molecule has 0 N–H and O–H groups in total. The van der Waals surface area contributed by atoms with E-state index in [0.717, 1.165) is 15.5 Å². The van der Waals surface area contributed by atoms with Gasteiger partial charge >= 0.3 is 0 Å². The van der Waals surface area contributed by atoms with Crippen LogP contribution in [-0.2, 0) is 14.4 Å². The molecule has 2 amide bonds. The third-order valence-electron chi connectivity index (χ3n) is 5.12. The van der Waals surface area contributed by atoms with Crippen LogP contribution in [0.2, 0.25) is 10.0 Å². The number of thiophene rings is 1. The van der Waals surface area contributed by atoms with Gasteiger partial charge in [0.25, 0.3) is 5.91 Å². The molecule has 2 saturated heterocycles. The fraction of sp³-hybridized carbons (Fsp3) is 0.143. The minimum Gasteiger partial charge on any atom is -0.273 e. The van der Waals surface area contributed by atoms with Gasteiger partial charge in [-0.05, 0) is 41.8 Å². The van der Waals surface area contributed by atoms with E-state index in [1.165, 1.54) is 17.4 Å². The molecule has 0 unspecified atom stereocenters. The smallest absolute Gasteiger partial charge is 0.266 e. The summed E-state index contributed by atoms with van der Waals surface area (Å²) in [6.45, 7) is 0. The van der Waals surface area contributed by atoms with Crippen LogP contribution in [0.1, 0.15) is 10.9 Å². The van der Waals surface area contributed by atoms with Crippen molar-refractivity contribution in [2.24, 2.45) is 5.92 Å². The minimum absolute atomic E-state index is 0.281. The maximum Gasteiger partial charge on any atom is 0.266 e. The summed E-state index contributed by atoms with van der Waals surface area (Å²) >= 11 is 13.6. The average Bonchev–Trinajstić information content (AvgIpc) is 3.43. The van der Waals surface area contributed by atoms with E-state index in [9.17, 15) is 9.59 Å². The van der Waals surface area contributed by atoms with Crippen LogP contribution >= 0.6 is 34.5 Å². The van der Waals surface area contributed by atoms with Gasteiger partial charge in [-0.25, -0.2) is 9.96 Å². The van der Waals surface area contributed by atoms with E-state index in [4.69, 9.17) is 28.0 Å². The van der Waals surface area contributed by atoms with Gasteiger partial charge < -0.3 is 0 Å². The van der Waals surface area contributed by atoms with Crippen molar-refractivity contribution in [2.45, 2.75) is 12.1 Å². The molecule has 2 aliphatic heterocycles. The van der Waals surface area contributed by atoms with E-state index in [1.807, 2.05) is 47.8 Å². The van der Waals surface area contributed by atoms with Gasteiger partial charge in [0.2, 0.25) is 5.91 Å². The zero-order valence-electron chi connectivity index (χ0n) is 14.9. The molecular formula is C21H14Cl2N2O3S. The highest BCUT2D eigenvalue weighted by Crippen LogP contribution is 2.48. The molecule has 0 bridgehead atoms. The Morgan fingerprint density at radius 1 is 0.862 bits per heavy atom. The summed E-state index contributed by atoms with van der Waals surface area (Å²) in [7, 11) is 0. The predicted octanol–water partition coefficient (Wildman–Crippen LogP) is 5.11. The topological polar surface area (TPSA) is 49.9 Å². The van der Waals surface area contributed by atoms with Crippen LogP contribution in [0.4, 0.5) is 11.4 Å². The number of fused-ring (bicyclic) bond motifs is 1. The summed E-state index contributed by atoms with van der Waals surface area (Å²) in [5.74, 6) is -1.37. The summed E-state index contributed by atoms with van der Waals surface area (Å²) in [5, 5.41) is 4.27. The fourth-order valence-corrected chi connectivity index (χ4v) is 4.99. The summed E-state index contributed by atoms with van der Waals surface area (Å²) < 4.78 is 0. The number of carbonyl (C=O) groups excluding carboxylic acids is 2. The molecule has 0 spiro atoms. The van der Waals surface area contributed by atoms with Gasteiger partial charge in [-0.15, -0.1) is 11.3 Å². The standard InChI is InChI=1S/C21H14Cl2N2O3S/c22-14-9-8-13(11-15(14)23)24-20(26)17-18(16-7-4-10-29-16)25(28-19(17)21(24)27)12-5-2-1-3-6-12/h1-11,17-19H/t17-,18-,19-/m1/s1. The van der Waals surface area contributed by atoms with Gasteiger partial charge in [-0.2, -0.15) is 0 Å². The quantitative estimate of drug-likeness (QED) is 0.526. The molecule has 5 nitrogen and oxygen atoms in total. The highest BCUT2D eigenvalue weighted by atomic mass is 35.5. The van der Waals surface area contributed by atoms with E-state index >= 15 is 0 Å². The van der Waals surface area contributed by atoms with Crippen molar-refractivity contribution in [3.8, 4) is 0 Å². The Bertz CT molecular complexity index is 1090. The predicted molar refractivity (Wildman–Crippen MR) is 113 cm³/mol. The van der Waals surface area contributed by atoms with Gasteiger partial charge in [0.15, 0.2) is 6.10 Å². The number of anilines is 2. The summed E-state index contributed by atoms with van der Waals surface area (Å²) in [5.41, 5.74) is 1.19. The Hall–Kier alpha value is -2.38. The number of hydrogen-bond acceptors (Lipinski definition) is 5. The molecule has 2 aliphatic rings. The second-order valence-electron chi connectivity index (χ2n) is 6.78. The Morgan fingerprint density at radius 2 is 1.66 bits per heavy atom. The van der Waals surface area contributed by atoms with E-state index in [0.29, 0.717) is 10.7 Å². The fourth-order valence-electron chi connectivity index (χ4n) is 3.84. The van der Waals surface area contributed by atoms with Crippen LogP contribution in [0.15, 0.2) is 66.0 Å². The number of halogens is 2. The van der Waals surface area contributed by atoms with Crippen LogP contribution in [-0.4, -0.2) is 17.9 Å². The normalized spacial score (nSPS) is 23.7. The molecule has 2 fully saturated rings. The van der Waals surface area contributed by atoms with E-state index in [-0.39, 0.29) is 10.9 Å². The summed E-state index contributed by atoms with van der Waals surface area (Å²) in [4.78, 5) is 34.7. The monoisotopic (exact) mass is 444 g/mol. The lowest BCUT2D eigenvalue weighted by atomic mass is 9.95. The molecule has 29 heavy (non-hydrogen) atoms. The number of amides is 2. The molecule has 5 rings (SSSR count). The van der Waals surface area contributed by atoms with Crippen molar-refractivity contribution < 1.29 is 14.4 Å². The molecule has 3 atom stereocenters. The molecule has 0 aliphatic carbocycles. The maximum atomic E-state index is 13.4. The number of hydrogen-bond donors (Lipinski definition) is 0. The Morgan fingerprint density at radius 3 is 2.34 bits per heavy atom. The number of carbonyl (C=O) groups is 2. The van der Waals surface area contributed by atoms with Crippen molar-refractivity contribution in [1.82, 2.24) is 0 Å². The van der Waals surface area contributed by atoms with Gasteiger partial charge in [-0.3, -0.25) is 14.4 Å². The van der Waals surface area contributed by atoms with E-state index in [2.05, 4.69) is 0 Å². The third kappa shape index (κ3) is 2.95. The van der Waals surface area contributed by atoms with Crippen molar-refractivity contribution >= 4 is 57.7 Å².